The van der Waals surface area contributed by atoms with Gasteiger partial charge in [-0.05, 0) is 23.8 Å². The molecule has 124 valence electrons. The molecule has 0 heterocycles. The zero-order valence-corrected chi connectivity index (χ0v) is 13.4. The van der Waals surface area contributed by atoms with Gasteiger partial charge >= 0.3 is 11.9 Å². The Morgan fingerprint density at radius 1 is 1.04 bits per heavy atom. The minimum atomic E-state index is -1.11. The van der Waals surface area contributed by atoms with Crippen molar-refractivity contribution in [1.29, 1.82) is 0 Å². The Morgan fingerprint density at radius 3 is 2.21 bits per heavy atom. The van der Waals surface area contributed by atoms with Gasteiger partial charge in [-0.1, -0.05) is 35.9 Å². The number of halogens is 1. The van der Waals surface area contributed by atoms with Crippen LogP contribution in [0.1, 0.15) is 26.3 Å². The third-order valence-corrected chi connectivity index (χ3v) is 3.44. The first-order valence-electron chi connectivity index (χ1n) is 6.80. The highest BCUT2D eigenvalue weighted by Gasteiger charge is 2.20. The highest BCUT2D eigenvalue weighted by atomic mass is 35.5. The van der Waals surface area contributed by atoms with Crippen LogP contribution in [0.25, 0.3) is 0 Å². The van der Waals surface area contributed by atoms with Crippen molar-refractivity contribution in [2.45, 2.75) is 6.61 Å². The van der Waals surface area contributed by atoms with Gasteiger partial charge in [0, 0.05) is 5.56 Å². The zero-order chi connectivity index (χ0) is 17.7. The summed E-state index contributed by atoms with van der Waals surface area (Å²) in [6, 6.07) is 9.82. The first kappa shape index (κ1) is 17.7. The number of aliphatic hydroxyl groups excluding tert-OH is 1. The van der Waals surface area contributed by atoms with E-state index in [-0.39, 0.29) is 28.5 Å². The summed E-state index contributed by atoms with van der Waals surface area (Å²) in [5.74, 6) is -2.60. The van der Waals surface area contributed by atoms with Crippen LogP contribution in [0.15, 0.2) is 42.5 Å². The molecule has 0 fully saturated rings. The highest BCUT2D eigenvalue weighted by molar-refractivity contribution is 6.41. The maximum absolute atomic E-state index is 12.0. The number of ketones is 1. The van der Waals surface area contributed by atoms with Crippen LogP contribution in [-0.2, 0) is 16.1 Å². The Morgan fingerprint density at radius 2 is 1.67 bits per heavy atom. The summed E-state index contributed by atoms with van der Waals surface area (Å²) in [5, 5.41) is 8.95. The molecule has 7 heteroatoms. The Bertz CT molecular complexity index is 782. The number of esters is 2. The number of carbonyl (C=O) groups is 3. The lowest BCUT2D eigenvalue weighted by atomic mass is 10.1. The lowest BCUT2D eigenvalue weighted by molar-refractivity contribution is -0.129. The van der Waals surface area contributed by atoms with Crippen molar-refractivity contribution in [2.75, 3.05) is 7.11 Å². The van der Waals surface area contributed by atoms with Gasteiger partial charge in [0.1, 0.15) is 5.75 Å². The van der Waals surface area contributed by atoms with E-state index in [9.17, 15) is 14.4 Å². The van der Waals surface area contributed by atoms with E-state index in [2.05, 4.69) is 4.74 Å². The molecule has 0 amide bonds. The molecule has 2 rings (SSSR count). The smallest absolute Gasteiger partial charge is 0.385 e. The Balaban J connectivity index is 2.13. The number of methoxy groups -OCH3 is 1. The number of carbonyl (C=O) groups excluding carboxylic acids is 3. The minimum Gasteiger partial charge on any atom is -0.465 e. The minimum absolute atomic E-state index is 0.00493. The average Bonchev–Trinajstić information content (AvgIpc) is 2.62. The normalized spacial score (nSPS) is 10.1. The molecule has 0 bridgehead atoms. The molecule has 0 aromatic heterocycles. The van der Waals surface area contributed by atoms with Gasteiger partial charge < -0.3 is 14.6 Å². The second-order valence-electron chi connectivity index (χ2n) is 4.71. The van der Waals surface area contributed by atoms with Gasteiger partial charge in [-0.2, -0.15) is 0 Å². The van der Waals surface area contributed by atoms with Gasteiger partial charge in [-0.15, -0.1) is 0 Å². The number of ether oxygens (including phenoxy) is 2. The van der Waals surface area contributed by atoms with Crippen LogP contribution in [0, 0.1) is 0 Å². The highest BCUT2D eigenvalue weighted by Crippen LogP contribution is 2.26. The van der Waals surface area contributed by atoms with Crippen LogP contribution < -0.4 is 4.74 Å². The van der Waals surface area contributed by atoms with Gasteiger partial charge in [0.2, 0.25) is 0 Å². The van der Waals surface area contributed by atoms with E-state index >= 15 is 0 Å². The number of aliphatic hydroxyl groups is 1. The molecule has 2 aromatic carbocycles. The van der Waals surface area contributed by atoms with Gasteiger partial charge in [-0.3, -0.25) is 4.79 Å². The van der Waals surface area contributed by atoms with Crippen molar-refractivity contribution >= 4 is 29.3 Å². The number of benzene rings is 2. The molecule has 0 aliphatic heterocycles. The van der Waals surface area contributed by atoms with Gasteiger partial charge in [-0.25, -0.2) is 9.59 Å². The van der Waals surface area contributed by atoms with E-state index in [0.717, 1.165) is 0 Å². The molecule has 6 nitrogen and oxygen atoms in total. The third-order valence-electron chi connectivity index (χ3n) is 3.14. The SMILES string of the molecule is COC(=O)c1ccc(OC(=O)C(=O)c2ccc(CO)cc2)c(Cl)c1. The molecule has 2 aromatic rings. The molecule has 0 unspecified atom stereocenters. The molecule has 24 heavy (non-hydrogen) atoms. The molecule has 1 N–H and O–H groups in total. The fourth-order valence-electron chi connectivity index (χ4n) is 1.85. The second-order valence-corrected chi connectivity index (χ2v) is 5.12. The van der Waals surface area contributed by atoms with Crippen molar-refractivity contribution in [3.63, 3.8) is 0 Å². The maximum atomic E-state index is 12.0. The summed E-state index contributed by atoms with van der Waals surface area (Å²) in [5.41, 5.74) is 0.925. The maximum Gasteiger partial charge on any atom is 0.385 e. The summed E-state index contributed by atoms with van der Waals surface area (Å²) >= 11 is 5.94. The van der Waals surface area contributed by atoms with Crippen LogP contribution in [0.4, 0.5) is 0 Å². The third kappa shape index (κ3) is 3.98. The lowest BCUT2D eigenvalue weighted by Gasteiger charge is -2.07. The van der Waals surface area contributed by atoms with Gasteiger partial charge in [0.25, 0.3) is 5.78 Å². The van der Waals surface area contributed by atoms with Crippen molar-refractivity contribution in [1.82, 2.24) is 0 Å². The van der Waals surface area contributed by atoms with Gasteiger partial charge in [0.05, 0.1) is 24.3 Å². The largest absolute Gasteiger partial charge is 0.465 e. The first-order chi connectivity index (χ1) is 11.5. The van der Waals surface area contributed by atoms with Crippen LogP contribution >= 0.6 is 11.6 Å². The van der Waals surface area contributed by atoms with E-state index in [1.54, 1.807) is 0 Å². The van der Waals surface area contributed by atoms with Crippen LogP contribution in [0.5, 0.6) is 5.75 Å². The Labute approximate surface area is 142 Å². The predicted octanol–water partition coefficient (Wildman–Crippen LogP) is 2.41. The summed E-state index contributed by atoms with van der Waals surface area (Å²) in [6.07, 6.45) is 0. The topological polar surface area (TPSA) is 89.9 Å². The van der Waals surface area contributed by atoms with E-state index in [0.29, 0.717) is 5.56 Å². The summed E-state index contributed by atoms with van der Waals surface area (Å²) in [6.45, 7) is -0.166. The molecular formula is C17H13ClO6. The second kappa shape index (κ2) is 7.72. The van der Waals surface area contributed by atoms with Crippen molar-refractivity contribution in [3.8, 4) is 5.75 Å². The van der Waals surface area contributed by atoms with Crippen molar-refractivity contribution in [2.24, 2.45) is 0 Å². The van der Waals surface area contributed by atoms with Gasteiger partial charge in [0.15, 0.2) is 0 Å². The van der Waals surface area contributed by atoms with E-state index < -0.39 is 17.7 Å². The molecule has 0 aliphatic rings. The van der Waals surface area contributed by atoms with Crippen LogP contribution in [-0.4, -0.2) is 29.9 Å². The Kier molecular flexibility index (Phi) is 5.68. The summed E-state index contributed by atoms with van der Waals surface area (Å²) < 4.78 is 9.51. The number of rotatable bonds is 5. The number of Topliss-reactive ketones (excluding diaryl/α,β-unsaturated/α-hetero) is 1. The standard InChI is InChI=1S/C17H13ClO6/c1-23-16(21)12-6-7-14(13(18)8-12)24-17(22)15(20)11-4-2-10(9-19)3-5-11/h2-8,19H,9H2,1H3. The van der Waals surface area contributed by atoms with E-state index in [1.807, 2.05) is 0 Å². The monoisotopic (exact) mass is 348 g/mol. The van der Waals surface area contributed by atoms with Crippen molar-refractivity contribution in [3.05, 3.63) is 64.2 Å². The molecule has 0 saturated heterocycles. The molecule has 0 atom stereocenters. The number of hydrogen-bond donors (Lipinski definition) is 1. The number of hydrogen-bond acceptors (Lipinski definition) is 6. The first-order valence-corrected chi connectivity index (χ1v) is 7.18. The van der Waals surface area contributed by atoms with E-state index in [4.69, 9.17) is 21.4 Å². The lowest BCUT2D eigenvalue weighted by Crippen LogP contribution is -2.20. The van der Waals surface area contributed by atoms with E-state index in [1.165, 1.54) is 49.6 Å². The van der Waals surface area contributed by atoms with Crippen LogP contribution in [0.2, 0.25) is 5.02 Å². The predicted molar refractivity (Wildman–Crippen MR) is 85.1 cm³/mol. The molecule has 0 saturated carbocycles. The molecule has 0 radical (unpaired) electrons. The fourth-order valence-corrected chi connectivity index (χ4v) is 2.07. The molecular weight excluding hydrogens is 336 g/mol. The quantitative estimate of drug-likeness (QED) is 0.386. The Hall–Kier alpha value is -2.70. The summed E-state index contributed by atoms with van der Waals surface area (Å²) in [4.78, 5) is 35.3. The van der Waals surface area contributed by atoms with Crippen LogP contribution in [0.3, 0.4) is 0 Å². The van der Waals surface area contributed by atoms with Crippen molar-refractivity contribution < 1.29 is 29.0 Å². The summed E-state index contributed by atoms with van der Waals surface area (Å²) in [7, 11) is 1.23. The average molecular weight is 349 g/mol. The zero-order valence-electron chi connectivity index (χ0n) is 12.6. The molecule has 0 aliphatic carbocycles. The molecule has 0 spiro atoms. The fraction of sp³-hybridized carbons (Fsp3) is 0.118.